The Morgan fingerprint density at radius 2 is 1.62 bits per heavy atom. The van der Waals surface area contributed by atoms with Crippen LogP contribution in [0.15, 0.2) is 48.5 Å². The third kappa shape index (κ3) is 5.88. The maximum absolute atomic E-state index is 13.2. The average molecular weight is 486 g/mol. The largest absolute Gasteiger partial charge is 0.325 e. The number of carbonyl (C=O) groups is 2. The Balaban J connectivity index is 1.39. The molecule has 0 saturated heterocycles. The zero-order chi connectivity index (χ0) is 24.1. The van der Waals surface area contributed by atoms with E-state index in [0.29, 0.717) is 35.9 Å². The van der Waals surface area contributed by atoms with E-state index in [-0.39, 0.29) is 23.7 Å². The van der Waals surface area contributed by atoms with E-state index < -0.39 is 6.03 Å². The topological polar surface area (TPSA) is 86.4 Å². The normalized spacial score (nSPS) is 14.7. The zero-order valence-corrected chi connectivity index (χ0v) is 19.4. The highest BCUT2D eigenvalue weighted by Gasteiger charge is 2.30. The number of rotatable bonds is 6. The monoisotopic (exact) mass is 485 g/mol. The Hall–Kier alpha value is -3.53. The molecule has 2 aromatic carbocycles. The van der Waals surface area contributed by atoms with Crippen molar-refractivity contribution in [3.05, 3.63) is 70.7 Å². The number of amides is 4. The van der Waals surface area contributed by atoms with Gasteiger partial charge in [-0.25, -0.2) is 23.4 Å². The van der Waals surface area contributed by atoms with Gasteiger partial charge in [0.25, 0.3) is 0 Å². The molecule has 4 amide bonds. The molecule has 0 saturated carbocycles. The molecule has 1 atom stereocenters. The smallest absolute Gasteiger partial charge is 0.321 e. The molecule has 7 nitrogen and oxygen atoms in total. The van der Waals surface area contributed by atoms with Crippen molar-refractivity contribution in [2.24, 2.45) is 0 Å². The van der Waals surface area contributed by atoms with E-state index in [0.717, 1.165) is 23.4 Å². The molecule has 1 unspecified atom stereocenters. The molecule has 0 fully saturated rings. The molecule has 34 heavy (non-hydrogen) atoms. The van der Waals surface area contributed by atoms with E-state index in [4.69, 9.17) is 0 Å². The lowest BCUT2D eigenvalue weighted by Crippen LogP contribution is -2.45. The minimum Gasteiger partial charge on any atom is -0.321 e. The number of aromatic nitrogens is 1. The number of hydrogen-bond acceptors (Lipinski definition) is 4. The molecule has 0 spiro atoms. The van der Waals surface area contributed by atoms with E-state index >= 15 is 0 Å². The SMILES string of the molecule is CCCN(C(=O)Nc1ccc(F)cc1)C1CCc2nc(NC(=O)Nc3ccc(F)cc3)sc2C1. The van der Waals surface area contributed by atoms with Crippen LogP contribution < -0.4 is 16.0 Å². The molecular formula is C24H25F2N5O2S. The van der Waals surface area contributed by atoms with Crippen molar-refractivity contribution in [1.29, 1.82) is 0 Å². The van der Waals surface area contributed by atoms with Crippen LogP contribution in [0.25, 0.3) is 0 Å². The van der Waals surface area contributed by atoms with Crippen LogP contribution in [0.3, 0.4) is 0 Å². The van der Waals surface area contributed by atoms with Gasteiger partial charge < -0.3 is 15.5 Å². The summed E-state index contributed by atoms with van der Waals surface area (Å²) in [5.41, 5.74) is 1.94. The minimum absolute atomic E-state index is 0.00533. The van der Waals surface area contributed by atoms with Crippen LogP contribution in [0.1, 0.15) is 30.3 Å². The van der Waals surface area contributed by atoms with Crippen molar-refractivity contribution in [2.45, 2.75) is 38.6 Å². The summed E-state index contributed by atoms with van der Waals surface area (Å²) in [6.45, 7) is 2.61. The maximum Gasteiger partial charge on any atom is 0.325 e. The van der Waals surface area contributed by atoms with E-state index in [1.807, 2.05) is 11.8 Å². The maximum atomic E-state index is 13.2. The number of thiazole rings is 1. The van der Waals surface area contributed by atoms with Crippen LogP contribution in [-0.4, -0.2) is 34.5 Å². The molecule has 0 bridgehead atoms. The number of hydrogen-bond donors (Lipinski definition) is 3. The first-order valence-electron chi connectivity index (χ1n) is 11.1. The molecule has 178 valence electrons. The van der Waals surface area contributed by atoms with E-state index in [9.17, 15) is 18.4 Å². The van der Waals surface area contributed by atoms with Gasteiger partial charge in [-0.2, -0.15) is 0 Å². The lowest BCUT2D eigenvalue weighted by molar-refractivity contribution is 0.180. The number of halogens is 2. The molecule has 1 aliphatic carbocycles. The molecular weight excluding hydrogens is 460 g/mol. The Labute approximate surface area is 200 Å². The summed E-state index contributed by atoms with van der Waals surface area (Å²) in [6, 6.07) is 10.5. The highest BCUT2D eigenvalue weighted by atomic mass is 32.1. The van der Waals surface area contributed by atoms with Crippen LogP contribution in [0, 0.1) is 11.6 Å². The van der Waals surface area contributed by atoms with Crippen LogP contribution in [-0.2, 0) is 12.8 Å². The molecule has 1 aliphatic rings. The predicted octanol–water partition coefficient (Wildman–Crippen LogP) is 5.87. The van der Waals surface area contributed by atoms with Gasteiger partial charge in [0.05, 0.1) is 5.69 Å². The summed E-state index contributed by atoms with van der Waals surface area (Å²) in [6.07, 6.45) is 2.90. The van der Waals surface area contributed by atoms with Crippen molar-refractivity contribution in [3.8, 4) is 0 Å². The van der Waals surface area contributed by atoms with Crippen LogP contribution in [0.5, 0.6) is 0 Å². The fourth-order valence-corrected chi connectivity index (χ4v) is 4.96. The summed E-state index contributed by atoms with van der Waals surface area (Å²) in [7, 11) is 0. The molecule has 0 aliphatic heterocycles. The molecule has 0 radical (unpaired) electrons. The molecule has 3 N–H and O–H groups in total. The molecule has 1 aromatic heterocycles. The van der Waals surface area contributed by atoms with Crippen molar-refractivity contribution in [1.82, 2.24) is 9.88 Å². The van der Waals surface area contributed by atoms with E-state index in [1.54, 1.807) is 0 Å². The van der Waals surface area contributed by atoms with E-state index in [2.05, 4.69) is 20.9 Å². The summed E-state index contributed by atoms with van der Waals surface area (Å²) < 4.78 is 26.2. The van der Waals surface area contributed by atoms with Gasteiger partial charge in [-0.1, -0.05) is 6.92 Å². The fourth-order valence-electron chi connectivity index (χ4n) is 3.89. The van der Waals surface area contributed by atoms with Crippen molar-refractivity contribution >= 4 is 39.9 Å². The molecule has 1 heterocycles. The standard InChI is InChI=1S/C24H25F2N5O2S/c1-2-13-31(24(33)28-18-9-5-16(26)6-10-18)19-11-12-20-21(14-19)34-23(29-20)30-22(32)27-17-7-3-15(25)4-8-17/h3-10,19H,2,11-14H2,1H3,(H,28,33)(H2,27,29,30,32). The van der Waals surface area contributed by atoms with Gasteiger partial charge in [0.2, 0.25) is 0 Å². The first-order chi connectivity index (χ1) is 16.4. The van der Waals surface area contributed by atoms with Crippen LogP contribution in [0.4, 0.5) is 34.9 Å². The third-order valence-corrected chi connectivity index (χ3v) is 6.53. The summed E-state index contributed by atoms with van der Waals surface area (Å²) >= 11 is 1.39. The summed E-state index contributed by atoms with van der Waals surface area (Å²) in [4.78, 5) is 32.6. The van der Waals surface area contributed by atoms with Crippen LogP contribution in [0.2, 0.25) is 0 Å². The number of fused-ring (bicyclic) bond motifs is 1. The second kappa shape index (κ2) is 10.6. The molecule has 3 aromatic rings. The number of benzene rings is 2. The first-order valence-corrected chi connectivity index (χ1v) is 11.9. The molecule has 10 heteroatoms. The van der Waals surface area contributed by atoms with Gasteiger partial charge in [0.1, 0.15) is 11.6 Å². The second-order valence-electron chi connectivity index (χ2n) is 8.00. The predicted molar refractivity (Wildman–Crippen MR) is 129 cm³/mol. The average Bonchev–Trinajstić information content (AvgIpc) is 3.21. The highest BCUT2D eigenvalue weighted by Crippen LogP contribution is 2.32. The quantitative estimate of drug-likeness (QED) is 0.408. The number of urea groups is 2. The number of carbonyl (C=O) groups excluding carboxylic acids is 2. The fraction of sp³-hybridized carbons (Fsp3) is 0.292. The number of nitrogens with zero attached hydrogens (tertiary/aromatic N) is 2. The Morgan fingerprint density at radius 1 is 1.00 bits per heavy atom. The van der Waals surface area contributed by atoms with Crippen molar-refractivity contribution in [3.63, 3.8) is 0 Å². The van der Waals surface area contributed by atoms with Gasteiger partial charge >= 0.3 is 12.1 Å². The van der Waals surface area contributed by atoms with Gasteiger partial charge in [0.15, 0.2) is 5.13 Å². The number of anilines is 3. The number of nitrogens with one attached hydrogen (secondary N) is 3. The van der Waals surface area contributed by atoms with Gasteiger partial charge in [-0.05, 0) is 67.8 Å². The second-order valence-corrected chi connectivity index (χ2v) is 9.09. The van der Waals surface area contributed by atoms with Crippen molar-refractivity contribution < 1.29 is 18.4 Å². The number of aryl methyl sites for hydroxylation is 1. The Bertz CT molecular complexity index is 1150. The molecule has 4 rings (SSSR count). The lowest BCUT2D eigenvalue weighted by atomic mass is 9.96. The van der Waals surface area contributed by atoms with Gasteiger partial charge in [-0.3, -0.25) is 5.32 Å². The highest BCUT2D eigenvalue weighted by molar-refractivity contribution is 7.15. The zero-order valence-electron chi connectivity index (χ0n) is 18.6. The van der Waals surface area contributed by atoms with Gasteiger partial charge in [0, 0.05) is 35.3 Å². The van der Waals surface area contributed by atoms with Crippen LogP contribution >= 0.6 is 11.3 Å². The Morgan fingerprint density at radius 3 is 2.24 bits per heavy atom. The third-order valence-electron chi connectivity index (χ3n) is 5.50. The van der Waals surface area contributed by atoms with Crippen molar-refractivity contribution in [2.75, 3.05) is 22.5 Å². The first kappa shape index (κ1) is 23.6. The lowest BCUT2D eigenvalue weighted by Gasteiger charge is -2.33. The van der Waals surface area contributed by atoms with E-state index in [1.165, 1.54) is 59.9 Å². The van der Waals surface area contributed by atoms with Gasteiger partial charge in [-0.15, -0.1) is 11.3 Å². The summed E-state index contributed by atoms with van der Waals surface area (Å²) in [5, 5.41) is 8.71. The summed E-state index contributed by atoms with van der Waals surface area (Å²) in [5.74, 6) is -0.735. The minimum atomic E-state index is -0.458. The Kier molecular flexibility index (Phi) is 7.36.